The van der Waals surface area contributed by atoms with Crippen molar-refractivity contribution in [2.24, 2.45) is 0 Å². The van der Waals surface area contributed by atoms with Crippen LogP contribution in [0, 0.1) is 5.82 Å². The molecule has 0 radical (unpaired) electrons. The summed E-state index contributed by atoms with van der Waals surface area (Å²) in [5, 5.41) is 3.98. The van der Waals surface area contributed by atoms with E-state index in [2.05, 4.69) is 32.8 Å². The molecule has 0 aliphatic heterocycles. The Morgan fingerprint density at radius 1 is 0.938 bits per heavy atom. The van der Waals surface area contributed by atoms with Gasteiger partial charge in [-0.3, -0.25) is 9.52 Å². The van der Waals surface area contributed by atoms with E-state index in [4.69, 9.17) is 0 Å². The Labute approximate surface area is 185 Å². The van der Waals surface area contributed by atoms with Crippen molar-refractivity contribution >= 4 is 32.5 Å². The van der Waals surface area contributed by atoms with Crippen LogP contribution < -0.4 is 10.0 Å². The fourth-order valence-corrected chi connectivity index (χ4v) is 4.55. The number of nitrogens with zero attached hydrogens (tertiary/aromatic N) is 1. The Kier molecular flexibility index (Phi) is 6.23. The van der Waals surface area contributed by atoms with Gasteiger partial charge in [0.05, 0.1) is 10.6 Å². The number of carbonyl (C=O) groups excluding carboxylic acids is 1. The summed E-state index contributed by atoms with van der Waals surface area (Å²) in [6, 6.07) is 21.3. The molecule has 0 saturated carbocycles. The van der Waals surface area contributed by atoms with Crippen molar-refractivity contribution in [3.05, 3.63) is 96.4 Å². The van der Waals surface area contributed by atoms with Gasteiger partial charge in [-0.05, 0) is 54.3 Å². The van der Waals surface area contributed by atoms with Crippen molar-refractivity contribution in [2.45, 2.75) is 17.9 Å². The number of para-hydroxylation sites is 2. The van der Waals surface area contributed by atoms with E-state index >= 15 is 0 Å². The minimum Gasteiger partial charge on any atom is -0.352 e. The molecule has 0 fully saturated rings. The van der Waals surface area contributed by atoms with Crippen molar-refractivity contribution in [1.82, 2.24) is 9.88 Å². The molecule has 6 nitrogen and oxygen atoms in total. The SMILES string of the molecule is O=C(NCCCn1ccc2ccccc21)c1cccc(S(=O)(=O)Nc2ccccc2F)c1. The van der Waals surface area contributed by atoms with Gasteiger partial charge in [-0.1, -0.05) is 36.4 Å². The van der Waals surface area contributed by atoms with Gasteiger partial charge < -0.3 is 9.88 Å². The number of sulfonamides is 1. The third-order valence-corrected chi connectivity index (χ3v) is 6.43. The minimum absolute atomic E-state index is 0.118. The van der Waals surface area contributed by atoms with E-state index in [1.165, 1.54) is 47.9 Å². The quantitative estimate of drug-likeness (QED) is 0.390. The molecule has 2 N–H and O–H groups in total. The molecule has 3 aromatic carbocycles. The molecule has 32 heavy (non-hydrogen) atoms. The molecule has 1 amide bonds. The van der Waals surface area contributed by atoms with Gasteiger partial charge in [0.1, 0.15) is 5.82 Å². The van der Waals surface area contributed by atoms with Gasteiger partial charge in [-0.25, -0.2) is 12.8 Å². The number of benzene rings is 3. The number of fused-ring (bicyclic) bond motifs is 1. The highest BCUT2D eigenvalue weighted by molar-refractivity contribution is 7.92. The zero-order valence-electron chi connectivity index (χ0n) is 17.2. The molecule has 1 aromatic heterocycles. The summed E-state index contributed by atoms with van der Waals surface area (Å²) in [6.07, 6.45) is 2.74. The lowest BCUT2D eigenvalue weighted by Gasteiger charge is -2.11. The maximum atomic E-state index is 13.8. The normalized spacial score (nSPS) is 11.4. The molecule has 1 heterocycles. The van der Waals surface area contributed by atoms with Crippen molar-refractivity contribution in [1.29, 1.82) is 0 Å². The van der Waals surface area contributed by atoms with Crippen molar-refractivity contribution in [2.75, 3.05) is 11.3 Å². The van der Waals surface area contributed by atoms with E-state index in [1.807, 2.05) is 18.3 Å². The average molecular weight is 452 g/mol. The number of rotatable bonds is 8. The van der Waals surface area contributed by atoms with Crippen LogP contribution >= 0.6 is 0 Å². The van der Waals surface area contributed by atoms with Crippen LogP contribution in [0.3, 0.4) is 0 Å². The van der Waals surface area contributed by atoms with Crippen LogP contribution in [0.5, 0.6) is 0 Å². The first-order chi connectivity index (χ1) is 15.4. The number of hydrogen-bond acceptors (Lipinski definition) is 3. The molecule has 8 heteroatoms. The minimum atomic E-state index is -4.04. The van der Waals surface area contributed by atoms with Gasteiger partial charge in [-0.2, -0.15) is 0 Å². The highest BCUT2D eigenvalue weighted by Gasteiger charge is 2.18. The number of halogens is 1. The summed E-state index contributed by atoms with van der Waals surface area (Å²) in [7, 11) is -4.04. The summed E-state index contributed by atoms with van der Waals surface area (Å²) in [4.78, 5) is 12.4. The van der Waals surface area contributed by atoms with E-state index in [-0.39, 0.29) is 22.1 Å². The number of aryl methyl sites for hydroxylation is 1. The van der Waals surface area contributed by atoms with E-state index in [1.54, 1.807) is 0 Å². The molecule has 0 aliphatic rings. The number of amides is 1. The Morgan fingerprint density at radius 3 is 2.56 bits per heavy atom. The highest BCUT2D eigenvalue weighted by Crippen LogP contribution is 2.20. The Balaban J connectivity index is 1.37. The van der Waals surface area contributed by atoms with Gasteiger partial charge in [0, 0.05) is 30.4 Å². The second-order valence-electron chi connectivity index (χ2n) is 7.29. The van der Waals surface area contributed by atoms with Crippen molar-refractivity contribution in [3.63, 3.8) is 0 Å². The van der Waals surface area contributed by atoms with E-state index in [0.717, 1.165) is 24.5 Å². The van der Waals surface area contributed by atoms with Crippen LogP contribution in [0.4, 0.5) is 10.1 Å². The first-order valence-electron chi connectivity index (χ1n) is 10.1. The lowest BCUT2D eigenvalue weighted by atomic mass is 10.2. The molecule has 0 aliphatic carbocycles. The second kappa shape index (κ2) is 9.23. The second-order valence-corrected chi connectivity index (χ2v) is 8.97. The number of nitrogens with one attached hydrogen (secondary N) is 2. The van der Waals surface area contributed by atoms with E-state index in [9.17, 15) is 17.6 Å². The first kappa shape index (κ1) is 21.6. The predicted octanol–water partition coefficient (Wildman–Crippen LogP) is 4.40. The predicted molar refractivity (Wildman–Crippen MR) is 123 cm³/mol. The third-order valence-electron chi connectivity index (χ3n) is 5.07. The molecule has 4 aromatic rings. The summed E-state index contributed by atoms with van der Waals surface area (Å²) in [5.41, 5.74) is 1.20. The van der Waals surface area contributed by atoms with Gasteiger partial charge >= 0.3 is 0 Å². The lowest BCUT2D eigenvalue weighted by molar-refractivity contribution is 0.0952. The standard InChI is InChI=1S/C24H22FN3O3S/c25-21-10-2-3-11-22(21)27-32(30,31)20-9-5-8-19(17-20)24(29)26-14-6-15-28-16-13-18-7-1-4-12-23(18)28/h1-5,7-13,16-17,27H,6,14-15H2,(H,26,29). The number of aromatic nitrogens is 1. The summed E-state index contributed by atoms with van der Waals surface area (Å²) in [6.45, 7) is 1.19. The van der Waals surface area contributed by atoms with Gasteiger partial charge in [0.15, 0.2) is 0 Å². The number of hydrogen-bond donors (Lipinski definition) is 2. The maximum absolute atomic E-state index is 13.8. The molecule has 0 saturated heterocycles. The molecule has 0 bridgehead atoms. The lowest BCUT2D eigenvalue weighted by Crippen LogP contribution is -2.25. The van der Waals surface area contributed by atoms with Gasteiger partial charge in [0.2, 0.25) is 0 Å². The fourth-order valence-electron chi connectivity index (χ4n) is 3.44. The van der Waals surface area contributed by atoms with Crippen molar-refractivity contribution < 1.29 is 17.6 Å². The van der Waals surface area contributed by atoms with Crippen LogP contribution in [0.1, 0.15) is 16.8 Å². The van der Waals surface area contributed by atoms with Crippen LogP contribution in [0.2, 0.25) is 0 Å². The van der Waals surface area contributed by atoms with Crippen LogP contribution in [0.15, 0.2) is 90.0 Å². The smallest absolute Gasteiger partial charge is 0.262 e. The maximum Gasteiger partial charge on any atom is 0.262 e. The highest BCUT2D eigenvalue weighted by atomic mass is 32.2. The Hall–Kier alpha value is -3.65. The van der Waals surface area contributed by atoms with Crippen LogP contribution in [-0.2, 0) is 16.6 Å². The van der Waals surface area contributed by atoms with E-state index < -0.39 is 15.8 Å². The van der Waals surface area contributed by atoms with Crippen LogP contribution in [0.25, 0.3) is 10.9 Å². The summed E-state index contributed by atoms with van der Waals surface area (Å²) in [5.74, 6) is -1.05. The zero-order chi connectivity index (χ0) is 22.6. The number of carbonyl (C=O) groups is 1. The zero-order valence-corrected chi connectivity index (χ0v) is 18.0. The molecular formula is C24H22FN3O3S. The molecular weight excluding hydrogens is 429 g/mol. The monoisotopic (exact) mass is 451 g/mol. The topological polar surface area (TPSA) is 80.2 Å². The summed E-state index contributed by atoms with van der Waals surface area (Å²) >= 11 is 0. The van der Waals surface area contributed by atoms with Crippen molar-refractivity contribution in [3.8, 4) is 0 Å². The molecule has 4 rings (SSSR count). The average Bonchev–Trinajstić information content (AvgIpc) is 3.21. The largest absolute Gasteiger partial charge is 0.352 e. The molecule has 0 atom stereocenters. The fraction of sp³-hybridized carbons (Fsp3) is 0.125. The van der Waals surface area contributed by atoms with Gasteiger partial charge in [0.25, 0.3) is 15.9 Å². The summed E-state index contributed by atoms with van der Waals surface area (Å²) < 4.78 is 43.4. The van der Waals surface area contributed by atoms with Gasteiger partial charge in [-0.15, -0.1) is 0 Å². The third kappa shape index (κ3) is 4.81. The number of anilines is 1. The Morgan fingerprint density at radius 2 is 1.72 bits per heavy atom. The molecule has 164 valence electrons. The Bertz CT molecular complexity index is 1370. The van der Waals surface area contributed by atoms with E-state index in [0.29, 0.717) is 6.54 Å². The molecule has 0 spiro atoms. The molecule has 0 unspecified atom stereocenters. The van der Waals surface area contributed by atoms with Crippen LogP contribution in [-0.4, -0.2) is 25.4 Å². The first-order valence-corrected chi connectivity index (χ1v) is 11.6.